The van der Waals surface area contributed by atoms with Gasteiger partial charge in [-0.2, -0.15) is 0 Å². The zero-order valence-electron chi connectivity index (χ0n) is 12.9. The minimum atomic E-state index is 0.0548. The lowest BCUT2D eigenvalue weighted by Gasteiger charge is -2.08. The lowest BCUT2D eigenvalue weighted by atomic mass is 10.3. The number of para-hydroxylation sites is 1. The van der Waals surface area contributed by atoms with Gasteiger partial charge in [-0.25, -0.2) is 0 Å². The molecule has 7 heteroatoms. The Bertz CT molecular complexity index is 889. The third kappa shape index (κ3) is 2.83. The topological polar surface area (TPSA) is 52.7 Å². The Kier molecular flexibility index (Phi) is 3.98. The number of fused-ring (bicyclic) bond motifs is 1. The van der Waals surface area contributed by atoms with Crippen molar-refractivity contribution in [2.45, 2.75) is 42.6 Å². The maximum Gasteiger partial charge on any atom is 0.308 e. The maximum absolute atomic E-state index is 12.3. The average Bonchev–Trinajstić information content (AvgIpc) is 3.24. The Morgan fingerprint density at radius 1 is 1.26 bits per heavy atom. The molecule has 120 valence electrons. The van der Waals surface area contributed by atoms with E-state index in [1.807, 2.05) is 47.6 Å². The van der Waals surface area contributed by atoms with E-state index < -0.39 is 0 Å². The van der Waals surface area contributed by atoms with Crippen LogP contribution in [0.2, 0.25) is 0 Å². The minimum absolute atomic E-state index is 0.0548. The van der Waals surface area contributed by atoms with Crippen molar-refractivity contribution in [2.75, 3.05) is 0 Å². The van der Waals surface area contributed by atoms with E-state index in [0.29, 0.717) is 11.8 Å². The molecule has 1 saturated carbocycles. The number of benzene rings is 1. The van der Waals surface area contributed by atoms with Crippen molar-refractivity contribution < 1.29 is 0 Å². The van der Waals surface area contributed by atoms with E-state index in [-0.39, 0.29) is 4.87 Å². The van der Waals surface area contributed by atoms with E-state index in [1.54, 1.807) is 4.57 Å². The smallest absolute Gasteiger partial charge is 0.308 e. The second kappa shape index (κ2) is 6.13. The Labute approximate surface area is 142 Å². The summed E-state index contributed by atoms with van der Waals surface area (Å²) in [5, 5.41) is 10.3. The van der Waals surface area contributed by atoms with Gasteiger partial charge in [0.2, 0.25) is 0 Å². The van der Waals surface area contributed by atoms with Gasteiger partial charge in [0, 0.05) is 12.3 Å². The summed E-state index contributed by atoms with van der Waals surface area (Å²) in [5.74, 6) is 0.830. The number of aromatic nitrogens is 4. The van der Waals surface area contributed by atoms with E-state index in [2.05, 4.69) is 10.2 Å². The third-order valence-electron chi connectivity index (χ3n) is 4.37. The standard InChI is InChI=1S/C16H18N4OS2/c1-19-14(17-18-15(19)22-11-6-2-3-7-11)10-20-12-8-4-5-9-13(12)23-16(20)21/h4-5,8-9,11H,2-3,6-7,10H2,1H3. The second-order valence-electron chi connectivity index (χ2n) is 5.90. The molecule has 5 nitrogen and oxygen atoms in total. The highest BCUT2D eigenvalue weighted by Gasteiger charge is 2.20. The molecule has 1 fully saturated rings. The molecule has 0 amide bonds. The molecule has 0 saturated heterocycles. The fourth-order valence-electron chi connectivity index (χ4n) is 3.05. The van der Waals surface area contributed by atoms with Gasteiger partial charge in [-0.3, -0.25) is 9.36 Å². The lowest BCUT2D eigenvalue weighted by molar-refractivity contribution is 0.680. The first-order valence-corrected chi connectivity index (χ1v) is 9.55. The van der Waals surface area contributed by atoms with Gasteiger partial charge in [0.05, 0.1) is 16.8 Å². The quantitative estimate of drug-likeness (QED) is 0.727. The predicted molar refractivity (Wildman–Crippen MR) is 94.3 cm³/mol. The summed E-state index contributed by atoms with van der Waals surface area (Å²) in [4.78, 5) is 12.3. The van der Waals surface area contributed by atoms with Gasteiger partial charge < -0.3 is 4.57 Å². The number of hydrogen-bond acceptors (Lipinski definition) is 5. The van der Waals surface area contributed by atoms with Crippen LogP contribution in [-0.4, -0.2) is 24.6 Å². The van der Waals surface area contributed by atoms with Gasteiger partial charge in [-0.1, -0.05) is 48.1 Å². The van der Waals surface area contributed by atoms with Gasteiger partial charge in [0.1, 0.15) is 0 Å². The first-order valence-electron chi connectivity index (χ1n) is 7.85. The Morgan fingerprint density at radius 3 is 2.87 bits per heavy atom. The number of thiazole rings is 1. The highest BCUT2D eigenvalue weighted by Crippen LogP contribution is 2.33. The summed E-state index contributed by atoms with van der Waals surface area (Å²) < 4.78 is 4.83. The number of thioether (sulfide) groups is 1. The van der Waals surface area contributed by atoms with Gasteiger partial charge in [-0.15, -0.1) is 10.2 Å². The summed E-state index contributed by atoms with van der Waals surface area (Å²) in [7, 11) is 1.99. The summed E-state index contributed by atoms with van der Waals surface area (Å²) in [5.41, 5.74) is 0.968. The minimum Gasteiger partial charge on any atom is -0.308 e. The van der Waals surface area contributed by atoms with E-state index in [9.17, 15) is 4.79 Å². The van der Waals surface area contributed by atoms with E-state index in [4.69, 9.17) is 0 Å². The van der Waals surface area contributed by atoms with E-state index in [1.165, 1.54) is 37.0 Å². The summed E-state index contributed by atoms with van der Waals surface area (Å²) in [6, 6.07) is 7.89. The Balaban J connectivity index is 1.62. The molecule has 2 aromatic heterocycles. The van der Waals surface area contributed by atoms with Crippen LogP contribution in [-0.2, 0) is 13.6 Å². The maximum atomic E-state index is 12.3. The fourth-order valence-corrected chi connectivity index (χ4v) is 5.16. The van der Waals surface area contributed by atoms with Crippen molar-refractivity contribution in [1.82, 2.24) is 19.3 Å². The van der Waals surface area contributed by atoms with Crippen molar-refractivity contribution in [2.24, 2.45) is 7.05 Å². The van der Waals surface area contributed by atoms with Gasteiger partial charge in [-0.05, 0) is 25.0 Å². The van der Waals surface area contributed by atoms with Crippen LogP contribution >= 0.6 is 23.1 Å². The van der Waals surface area contributed by atoms with Gasteiger partial charge in [0.15, 0.2) is 11.0 Å². The van der Waals surface area contributed by atoms with E-state index in [0.717, 1.165) is 21.2 Å². The van der Waals surface area contributed by atoms with Crippen LogP contribution in [0.4, 0.5) is 0 Å². The molecule has 1 aromatic carbocycles. The largest absolute Gasteiger partial charge is 0.308 e. The van der Waals surface area contributed by atoms with E-state index >= 15 is 0 Å². The Morgan fingerprint density at radius 2 is 2.04 bits per heavy atom. The highest BCUT2D eigenvalue weighted by atomic mass is 32.2. The zero-order chi connectivity index (χ0) is 15.8. The normalized spacial score (nSPS) is 15.7. The molecule has 0 spiro atoms. The molecular weight excluding hydrogens is 328 g/mol. The summed E-state index contributed by atoms with van der Waals surface area (Å²) >= 11 is 3.11. The van der Waals surface area contributed by atoms with Crippen LogP contribution in [0.5, 0.6) is 0 Å². The second-order valence-corrected chi connectivity index (χ2v) is 8.16. The third-order valence-corrected chi connectivity index (χ3v) is 6.70. The van der Waals surface area contributed by atoms with Crippen LogP contribution in [0.1, 0.15) is 31.5 Å². The van der Waals surface area contributed by atoms with Crippen molar-refractivity contribution in [3.63, 3.8) is 0 Å². The number of nitrogens with zero attached hydrogens (tertiary/aromatic N) is 4. The van der Waals surface area contributed by atoms with Crippen LogP contribution in [0, 0.1) is 0 Å². The summed E-state index contributed by atoms with van der Waals surface area (Å²) in [6.45, 7) is 0.470. The molecule has 3 aromatic rings. The van der Waals surface area contributed by atoms with Crippen LogP contribution in [0.15, 0.2) is 34.2 Å². The highest BCUT2D eigenvalue weighted by molar-refractivity contribution is 7.99. The molecular formula is C16H18N4OS2. The van der Waals surface area contributed by atoms with Crippen molar-refractivity contribution >= 4 is 33.3 Å². The molecule has 4 rings (SSSR count). The average molecular weight is 346 g/mol. The van der Waals surface area contributed by atoms with Crippen molar-refractivity contribution in [3.8, 4) is 0 Å². The molecule has 1 aliphatic carbocycles. The Hall–Kier alpha value is -1.60. The van der Waals surface area contributed by atoms with Gasteiger partial charge in [0.25, 0.3) is 0 Å². The first-order chi connectivity index (χ1) is 11.2. The molecule has 1 aliphatic rings. The molecule has 0 atom stereocenters. The zero-order valence-corrected chi connectivity index (χ0v) is 14.6. The van der Waals surface area contributed by atoms with Crippen molar-refractivity contribution in [1.29, 1.82) is 0 Å². The van der Waals surface area contributed by atoms with Crippen LogP contribution in [0.3, 0.4) is 0 Å². The number of hydrogen-bond donors (Lipinski definition) is 0. The first kappa shape index (κ1) is 15.0. The lowest BCUT2D eigenvalue weighted by Crippen LogP contribution is -2.16. The molecule has 0 N–H and O–H groups in total. The molecule has 0 unspecified atom stereocenters. The molecule has 2 heterocycles. The molecule has 0 radical (unpaired) electrons. The molecule has 0 bridgehead atoms. The van der Waals surface area contributed by atoms with Gasteiger partial charge >= 0.3 is 4.87 Å². The molecule has 0 aliphatic heterocycles. The predicted octanol–water partition coefficient (Wildman–Crippen LogP) is 3.27. The van der Waals surface area contributed by atoms with Crippen LogP contribution in [0.25, 0.3) is 10.2 Å². The fraction of sp³-hybridized carbons (Fsp3) is 0.438. The summed E-state index contributed by atoms with van der Waals surface area (Å²) in [6.07, 6.45) is 5.17. The number of rotatable bonds is 4. The monoisotopic (exact) mass is 346 g/mol. The van der Waals surface area contributed by atoms with Crippen molar-refractivity contribution in [3.05, 3.63) is 39.8 Å². The SMILES string of the molecule is Cn1c(Cn2c(=O)sc3ccccc32)nnc1SC1CCCC1. The molecule has 23 heavy (non-hydrogen) atoms. The van der Waals surface area contributed by atoms with Crippen LogP contribution < -0.4 is 4.87 Å².